The molecule has 0 aliphatic carbocycles. The van der Waals surface area contributed by atoms with Crippen LogP contribution in [0.2, 0.25) is 0 Å². The summed E-state index contributed by atoms with van der Waals surface area (Å²) in [6, 6.07) is 6.52. The SMILES string of the molecule is CN=C(NCC(C)Oc1ccc(F)cc1)NCC1CN(C)CCN1C. The maximum Gasteiger partial charge on any atom is 0.191 e. The fourth-order valence-corrected chi connectivity index (χ4v) is 2.78. The molecule has 0 saturated carbocycles. The van der Waals surface area contributed by atoms with Gasteiger partial charge in [-0.05, 0) is 45.3 Å². The van der Waals surface area contributed by atoms with E-state index >= 15 is 0 Å². The predicted molar refractivity (Wildman–Crippen MR) is 99.8 cm³/mol. The van der Waals surface area contributed by atoms with Crippen molar-refractivity contribution >= 4 is 5.96 Å². The molecule has 7 heteroatoms. The third kappa shape index (κ3) is 6.51. The van der Waals surface area contributed by atoms with E-state index in [2.05, 4.69) is 39.5 Å². The van der Waals surface area contributed by atoms with E-state index in [9.17, 15) is 4.39 Å². The molecule has 6 nitrogen and oxygen atoms in total. The van der Waals surface area contributed by atoms with Gasteiger partial charge in [-0.25, -0.2) is 4.39 Å². The Labute approximate surface area is 150 Å². The van der Waals surface area contributed by atoms with Crippen LogP contribution in [-0.2, 0) is 0 Å². The molecular weight excluding hydrogens is 321 g/mol. The largest absolute Gasteiger partial charge is 0.489 e. The van der Waals surface area contributed by atoms with Gasteiger partial charge in [0.1, 0.15) is 17.7 Å². The van der Waals surface area contributed by atoms with E-state index in [1.807, 2.05) is 6.92 Å². The van der Waals surface area contributed by atoms with Crippen LogP contribution in [0.5, 0.6) is 5.75 Å². The topological polar surface area (TPSA) is 52.1 Å². The van der Waals surface area contributed by atoms with E-state index in [-0.39, 0.29) is 11.9 Å². The minimum atomic E-state index is -0.263. The number of hydrogen-bond donors (Lipinski definition) is 2. The van der Waals surface area contributed by atoms with Crippen molar-refractivity contribution in [3.63, 3.8) is 0 Å². The van der Waals surface area contributed by atoms with E-state index in [1.54, 1.807) is 19.2 Å². The molecule has 2 atom stereocenters. The van der Waals surface area contributed by atoms with Gasteiger partial charge in [0.25, 0.3) is 0 Å². The van der Waals surface area contributed by atoms with Gasteiger partial charge in [0.2, 0.25) is 0 Å². The zero-order valence-electron chi connectivity index (χ0n) is 15.6. The van der Waals surface area contributed by atoms with Crippen LogP contribution in [-0.4, -0.2) is 81.8 Å². The summed E-state index contributed by atoms with van der Waals surface area (Å²) in [4.78, 5) is 8.99. The van der Waals surface area contributed by atoms with Crippen LogP contribution in [0.25, 0.3) is 0 Å². The predicted octanol–water partition coefficient (Wildman–Crippen LogP) is 1.00. The van der Waals surface area contributed by atoms with Crippen molar-refractivity contribution in [3.05, 3.63) is 30.1 Å². The summed E-state index contributed by atoms with van der Waals surface area (Å²) < 4.78 is 18.7. The number of likely N-dealkylation sites (N-methyl/N-ethyl adjacent to an activating group) is 2. The third-order valence-corrected chi connectivity index (χ3v) is 4.42. The molecule has 0 bridgehead atoms. The van der Waals surface area contributed by atoms with E-state index in [0.29, 0.717) is 18.3 Å². The maximum atomic E-state index is 12.9. The van der Waals surface area contributed by atoms with Crippen LogP contribution in [0.1, 0.15) is 6.92 Å². The first kappa shape index (κ1) is 19.5. The highest BCUT2D eigenvalue weighted by Crippen LogP contribution is 2.12. The fraction of sp³-hybridized carbons (Fsp3) is 0.611. The highest BCUT2D eigenvalue weighted by molar-refractivity contribution is 5.79. The summed E-state index contributed by atoms with van der Waals surface area (Å²) in [5, 5.41) is 6.66. The van der Waals surface area contributed by atoms with Crippen LogP contribution in [0, 0.1) is 5.82 Å². The Morgan fingerprint density at radius 2 is 2.00 bits per heavy atom. The molecule has 140 valence electrons. The van der Waals surface area contributed by atoms with Gasteiger partial charge in [-0.3, -0.25) is 9.89 Å². The molecule has 1 aliphatic heterocycles. The maximum absolute atomic E-state index is 12.9. The minimum Gasteiger partial charge on any atom is -0.489 e. The second kappa shape index (κ2) is 9.58. The molecule has 0 amide bonds. The molecule has 0 aromatic heterocycles. The number of nitrogens with one attached hydrogen (secondary N) is 2. The van der Waals surface area contributed by atoms with Gasteiger partial charge >= 0.3 is 0 Å². The second-order valence-electron chi connectivity index (χ2n) is 6.61. The van der Waals surface area contributed by atoms with E-state index in [4.69, 9.17) is 4.74 Å². The Kier molecular flexibility index (Phi) is 7.46. The highest BCUT2D eigenvalue weighted by atomic mass is 19.1. The number of rotatable bonds is 6. The molecule has 1 aromatic carbocycles. The summed E-state index contributed by atoms with van der Waals surface area (Å²) in [5.74, 6) is 1.16. The normalized spacial score (nSPS) is 21.0. The average Bonchev–Trinajstić information content (AvgIpc) is 2.60. The quantitative estimate of drug-likeness (QED) is 0.592. The number of aliphatic imine (C=N–C) groups is 1. The molecule has 1 aliphatic rings. The Morgan fingerprint density at radius 3 is 2.68 bits per heavy atom. The minimum absolute atomic E-state index is 0.0625. The van der Waals surface area contributed by atoms with Gasteiger partial charge in [0, 0.05) is 39.3 Å². The van der Waals surface area contributed by atoms with Gasteiger partial charge in [-0.15, -0.1) is 0 Å². The van der Waals surface area contributed by atoms with Crippen molar-refractivity contribution in [1.82, 2.24) is 20.4 Å². The van der Waals surface area contributed by atoms with Gasteiger partial charge in [-0.1, -0.05) is 0 Å². The van der Waals surface area contributed by atoms with Crippen molar-refractivity contribution < 1.29 is 9.13 Å². The monoisotopic (exact) mass is 351 g/mol. The van der Waals surface area contributed by atoms with Gasteiger partial charge in [-0.2, -0.15) is 0 Å². The molecule has 2 unspecified atom stereocenters. The Morgan fingerprint density at radius 1 is 1.28 bits per heavy atom. The molecular formula is C18H30FN5O. The summed E-state index contributed by atoms with van der Waals surface area (Å²) in [6.45, 7) is 6.65. The van der Waals surface area contributed by atoms with Crippen molar-refractivity contribution in [2.75, 3.05) is 53.9 Å². The first-order valence-corrected chi connectivity index (χ1v) is 8.73. The fourth-order valence-electron chi connectivity index (χ4n) is 2.78. The van der Waals surface area contributed by atoms with Crippen molar-refractivity contribution in [2.45, 2.75) is 19.1 Å². The van der Waals surface area contributed by atoms with Crippen LogP contribution in [0.3, 0.4) is 0 Å². The molecule has 0 spiro atoms. The van der Waals surface area contributed by atoms with Crippen molar-refractivity contribution in [1.29, 1.82) is 0 Å². The molecule has 1 saturated heterocycles. The lowest BCUT2D eigenvalue weighted by molar-refractivity contribution is 0.116. The van der Waals surface area contributed by atoms with Gasteiger partial charge < -0.3 is 20.3 Å². The summed E-state index contributed by atoms with van der Waals surface area (Å²) in [5.41, 5.74) is 0. The van der Waals surface area contributed by atoms with Crippen molar-refractivity contribution in [3.8, 4) is 5.75 Å². The molecule has 25 heavy (non-hydrogen) atoms. The smallest absolute Gasteiger partial charge is 0.191 e. The lowest BCUT2D eigenvalue weighted by Gasteiger charge is -2.38. The number of guanidine groups is 1. The van der Waals surface area contributed by atoms with Gasteiger partial charge in [0.15, 0.2) is 5.96 Å². The number of hydrogen-bond acceptors (Lipinski definition) is 4. The lowest BCUT2D eigenvalue weighted by atomic mass is 10.2. The van der Waals surface area contributed by atoms with Crippen LogP contribution >= 0.6 is 0 Å². The van der Waals surface area contributed by atoms with Crippen LogP contribution in [0.4, 0.5) is 4.39 Å². The molecule has 1 heterocycles. The summed E-state index contributed by atoms with van der Waals surface area (Å²) in [7, 11) is 6.08. The van der Waals surface area contributed by atoms with E-state index < -0.39 is 0 Å². The highest BCUT2D eigenvalue weighted by Gasteiger charge is 2.22. The van der Waals surface area contributed by atoms with Crippen molar-refractivity contribution in [2.24, 2.45) is 4.99 Å². The van der Waals surface area contributed by atoms with Crippen LogP contribution < -0.4 is 15.4 Å². The Balaban J connectivity index is 1.73. The number of ether oxygens (including phenoxy) is 1. The molecule has 0 radical (unpaired) electrons. The number of piperazine rings is 1. The number of halogens is 1. The molecule has 2 N–H and O–H groups in total. The molecule has 2 rings (SSSR count). The standard InChI is InChI=1S/C18H30FN5O/c1-14(25-17-7-5-15(19)6-8-17)11-21-18(20-2)22-12-16-13-23(3)9-10-24(16)4/h5-8,14,16H,9-13H2,1-4H3,(H2,20,21,22). The Hall–Kier alpha value is -1.86. The van der Waals surface area contributed by atoms with Crippen LogP contribution in [0.15, 0.2) is 29.3 Å². The Bertz CT molecular complexity index is 551. The number of benzene rings is 1. The number of nitrogens with zero attached hydrogens (tertiary/aromatic N) is 3. The lowest BCUT2D eigenvalue weighted by Crippen LogP contribution is -2.55. The van der Waals surface area contributed by atoms with E-state index in [1.165, 1.54) is 12.1 Å². The average molecular weight is 351 g/mol. The zero-order valence-corrected chi connectivity index (χ0v) is 15.6. The summed E-state index contributed by atoms with van der Waals surface area (Å²) >= 11 is 0. The molecule has 1 aromatic rings. The zero-order chi connectivity index (χ0) is 18.2. The summed E-state index contributed by atoms with van der Waals surface area (Å²) in [6.07, 6.45) is -0.0625. The van der Waals surface area contributed by atoms with Gasteiger partial charge in [0.05, 0.1) is 6.54 Å². The second-order valence-corrected chi connectivity index (χ2v) is 6.61. The molecule has 1 fully saturated rings. The first-order valence-electron chi connectivity index (χ1n) is 8.73. The first-order chi connectivity index (χ1) is 12.0. The van der Waals surface area contributed by atoms with E-state index in [0.717, 1.165) is 32.1 Å². The third-order valence-electron chi connectivity index (χ3n) is 4.42.